The van der Waals surface area contributed by atoms with Crippen LogP contribution in [0, 0.1) is 5.82 Å². The van der Waals surface area contributed by atoms with Crippen molar-refractivity contribution < 1.29 is 13.9 Å². The number of hydrogen-bond acceptors (Lipinski definition) is 2. The third kappa shape index (κ3) is 1.61. The summed E-state index contributed by atoms with van der Waals surface area (Å²) < 4.78 is 17.2. The van der Waals surface area contributed by atoms with Crippen molar-refractivity contribution >= 4 is 6.09 Å². The number of carbonyl (C=O) groups excluding carboxylic acids is 1. The highest BCUT2D eigenvalue weighted by molar-refractivity contribution is 5.70. The van der Waals surface area contributed by atoms with E-state index in [4.69, 9.17) is 4.74 Å². The van der Waals surface area contributed by atoms with Crippen molar-refractivity contribution in [1.82, 2.24) is 5.32 Å². The molecule has 68 valence electrons. The van der Waals surface area contributed by atoms with Gasteiger partial charge >= 0.3 is 6.09 Å². The molecule has 3 nitrogen and oxygen atoms in total. The monoisotopic (exact) mass is 181 g/mol. The van der Waals surface area contributed by atoms with Crippen LogP contribution in [0.2, 0.25) is 0 Å². The molecule has 1 amide bonds. The molecule has 1 fully saturated rings. The highest BCUT2D eigenvalue weighted by Gasteiger charge is 2.23. The van der Waals surface area contributed by atoms with Crippen molar-refractivity contribution in [3.05, 3.63) is 35.6 Å². The number of ether oxygens (including phenoxy) is 1. The first kappa shape index (κ1) is 8.04. The lowest BCUT2D eigenvalue weighted by atomic mass is 10.1. The molecular formula is C9H8FNO2. The van der Waals surface area contributed by atoms with E-state index in [1.807, 2.05) is 0 Å². The zero-order valence-electron chi connectivity index (χ0n) is 6.79. The summed E-state index contributed by atoms with van der Waals surface area (Å²) in [6, 6.07) is 5.84. The van der Waals surface area contributed by atoms with Gasteiger partial charge in [-0.1, -0.05) is 12.1 Å². The molecule has 0 unspecified atom stereocenters. The van der Waals surface area contributed by atoms with E-state index < -0.39 is 6.09 Å². The Morgan fingerprint density at radius 2 is 2.08 bits per heavy atom. The lowest BCUT2D eigenvalue weighted by molar-refractivity contribution is 0.177. The molecule has 0 bridgehead atoms. The van der Waals surface area contributed by atoms with Gasteiger partial charge < -0.3 is 10.1 Å². The Morgan fingerprint density at radius 3 is 2.62 bits per heavy atom. The first-order valence-electron chi connectivity index (χ1n) is 3.94. The van der Waals surface area contributed by atoms with E-state index in [1.165, 1.54) is 12.1 Å². The fourth-order valence-electron chi connectivity index (χ4n) is 1.26. The van der Waals surface area contributed by atoms with Gasteiger partial charge in [-0.3, -0.25) is 0 Å². The quantitative estimate of drug-likeness (QED) is 0.714. The van der Waals surface area contributed by atoms with E-state index in [2.05, 4.69) is 5.32 Å². The fourth-order valence-corrected chi connectivity index (χ4v) is 1.26. The van der Waals surface area contributed by atoms with Crippen molar-refractivity contribution in [3.63, 3.8) is 0 Å². The molecule has 2 rings (SSSR count). The summed E-state index contributed by atoms with van der Waals surface area (Å²) in [4.78, 5) is 10.7. The Hall–Kier alpha value is -1.58. The second-order valence-electron chi connectivity index (χ2n) is 2.85. The number of cyclic esters (lactones) is 1. The summed E-state index contributed by atoms with van der Waals surface area (Å²) in [7, 11) is 0. The second-order valence-corrected chi connectivity index (χ2v) is 2.85. The highest BCUT2D eigenvalue weighted by Crippen LogP contribution is 2.17. The molecule has 1 heterocycles. The molecule has 1 aromatic carbocycles. The smallest absolute Gasteiger partial charge is 0.407 e. The summed E-state index contributed by atoms with van der Waals surface area (Å²) in [6.45, 7) is 0.310. The third-order valence-electron chi connectivity index (χ3n) is 1.95. The largest absolute Gasteiger partial charge is 0.447 e. The second kappa shape index (κ2) is 3.05. The zero-order valence-corrected chi connectivity index (χ0v) is 6.79. The lowest BCUT2D eigenvalue weighted by Gasteiger charge is -2.06. The molecule has 0 aliphatic carbocycles. The van der Waals surface area contributed by atoms with Crippen molar-refractivity contribution in [1.29, 1.82) is 0 Å². The number of halogens is 1. The predicted molar refractivity (Wildman–Crippen MR) is 43.6 cm³/mol. The topological polar surface area (TPSA) is 38.3 Å². The summed E-state index contributed by atoms with van der Waals surface area (Å²) in [6.07, 6.45) is -0.422. The number of alkyl carbamates (subject to hydrolysis) is 1. The zero-order chi connectivity index (χ0) is 9.26. The Morgan fingerprint density at radius 1 is 1.38 bits per heavy atom. The van der Waals surface area contributed by atoms with Gasteiger partial charge in [-0.2, -0.15) is 0 Å². The van der Waals surface area contributed by atoms with Crippen molar-refractivity contribution in [2.24, 2.45) is 0 Å². The number of carbonyl (C=O) groups is 1. The van der Waals surface area contributed by atoms with Gasteiger partial charge in [-0.05, 0) is 17.7 Å². The SMILES string of the molecule is O=C1N[C@@H](c2ccc(F)cc2)CO1. The van der Waals surface area contributed by atoms with Gasteiger partial charge in [0.05, 0.1) is 6.04 Å². The molecule has 1 aliphatic heterocycles. The minimum absolute atomic E-state index is 0.145. The molecule has 0 aromatic heterocycles. The lowest BCUT2D eigenvalue weighted by Crippen LogP contribution is -2.18. The Balaban J connectivity index is 2.17. The van der Waals surface area contributed by atoms with Crippen LogP contribution in [0.15, 0.2) is 24.3 Å². The van der Waals surface area contributed by atoms with E-state index in [9.17, 15) is 9.18 Å². The molecule has 1 aromatic rings. The molecular weight excluding hydrogens is 173 g/mol. The van der Waals surface area contributed by atoms with Crippen LogP contribution in [0.25, 0.3) is 0 Å². The van der Waals surface area contributed by atoms with Gasteiger partial charge in [-0.15, -0.1) is 0 Å². The van der Waals surface area contributed by atoms with Gasteiger partial charge in [0.2, 0.25) is 0 Å². The fraction of sp³-hybridized carbons (Fsp3) is 0.222. The van der Waals surface area contributed by atoms with Crippen LogP contribution in [-0.2, 0) is 4.74 Å². The van der Waals surface area contributed by atoms with Crippen LogP contribution in [-0.4, -0.2) is 12.7 Å². The molecule has 0 radical (unpaired) electrons. The highest BCUT2D eigenvalue weighted by atomic mass is 19.1. The van der Waals surface area contributed by atoms with E-state index >= 15 is 0 Å². The average molecular weight is 181 g/mol. The number of benzene rings is 1. The number of rotatable bonds is 1. The molecule has 0 spiro atoms. The number of nitrogens with one attached hydrogen (secondary N) is 1. The third-order valence-corrected chi connectivity index (χ3v) is 1.95. The van der Waals surface area contributed by atoms with Crippen LogP contribution in [0.3, 0.4) is 0 Å². The van der Waals surface area contributed by atoms with E-state index in [0.29, 0.717) is 6.61 Å². The van der Waals surface area contributed by atoms with Crippen molar-refractivity contribution in [2.75, 3.05) is 6.61 Å². The molecule has 4 heteroatoms. The number of hydrogen-bond donors (Lipinski definition) is 1. The minimum Gasteiger partial charge on any atom is -0.447 e. The standard InChI is InChI=1S/C9H8FNO2/c10-7-3-1-6(2-4-7)8-5-13-9(12)11-8/h1-4,8H,5H2,(H,11,12)/t8-/m1/s1. The Bertz CT molecular complexity index is 323. The average Bonchev–Trinajstić information content (AvgIpc) is 2.53. The summed E-state index contributed by atoms with van der Waals surface area (Å²) >= 11 is 0. The minimum atomic E-state index is -0.422. The molecule has 0 saturated carbocycles. The Labute approximate surface area is 74.5 Å². The maximum Gasteiger partial charge on any atom is 0.407 e. The first-order chi connectivity index (χ1) is 6.25. The predicted octanol–water partition coefficient (Wildman–Crippen LogP) is 1.61. The van der Waals surface area contributed by atoms with Gasteiger partial charge in [0.1, 0.15) is 12.4 Å². The summed E-state index contributed by atoms with van der Waals surface area (Å²) in [5.41, 5.74) is 0.854. The van der Waals surface area contributed by atoms with Crippen LogP contribution < -0.4 is 5.32 Å². The van der Waals surface area contributed by atoms with Crippen LogP contribution in [0.4, 0.5) is 9.18 Å². The summed E-state index contributed by atoms with van der Waals surface area (Å²) in [5.74, 6) is -0.283. The van der Waals surface area contributed by atoms with Crippen molar-refractivity contribution in [2.45, 2.75) is 6.04 Å². The van der Waals surface area contributed by atoms with Gasteiger partial charge in [-0.25, -0.2) is 9.18 Å². The molecule has 1 atom stereocenters. The first-order valence-corrected chi connectivity index (χ1v) is 3.94. The molecule has 13 heavy (non-hydrogen) atoms. The normalized spacial score (nSPS) is 21.0. The van der Waals surface area contributed by atoms with Gasteiger partial charge in [0.15, 0.2) is 0 Å². The van der Waals surface area contributed by atoms with Gasteiger partial charge in [0, 0.05) is 0 Å². The van der Waals surface area contributed by atoms with E-state index in [1.54, 1.807) is 12.1 Å². The van der Waals surface area contributed by atoms with E-state index in [-0.39, 0.29) is 11.9 Å². The maximum atomic E-state index is 12.5. The molecule has 1 aliphatic rings. The molecule has 1 saturated heterocycles. The number of amides is 1. The van der Waals surface area contributed by atoms with Crippen LogP contribution >= 0.6 is 0 Å². The van der Waals surface area contributed by atoms with Crippen LogP contribution in [0.5, 0.6) is 0 Å². The molecule has 1 N–H and O–H groups in total. The van der Waals surface area contributed by atoms with Crippen molar-refractivity contribution in [3.8, 4) is 0 Å². The van der Waals surface area contributed by atoms with E-state index in [0.717, 1.165) is 5.56 Å². The Kier molecular flexibility index (Phi) is 1.88. The summed E-state index contributed by atoms with van der Waals surface area (Å²) in [5, 5.41) is 2.61. The van der Waals surface area contributed by atoms with Gasteiger partial charge in [0.25, 0.3) is 0 Å². The van der Waals surface area contributed by atoms with Crippen LogP contribution in [0.1, 0.15) is 11.6 Å². The maximum absolute atomic E-state index is 12.5.